The van der Waals surface area contributed by atoms with Gasteiger partial charge in [0.05, 0.1) is 5.56 Å². The zero-order chi connectivity index (χ0) is 10.1. The number of nitrogens with one attached hydrogen (secondary N) is 1. The molecule has 0 unspecified atom stereocenters. The van der Waals surface area contributed by atoms with Gasteiger partial charge >= 0.3 is 0 Å². The molecule has 15 heavy (non-hydrogen) atoms. The highest BCUT2D eigenvalue weighted by Gasteiger charge is 2.12. The van der Waals surface area contributed by atoms with Crippen LogP contribution in [0.1, 0.15) is 0 Å². The molecule has 0 aliphatic heterocycles. The van der Waals surface area contributed by atoms with Crippen LogP contribution in [0.3, 0.4) is 0 Å². The van der Waals surface area contributed by atoms with Gasteiger partial charge in [0.15, 0.2) is 5.82 Å². The molecular weight excluding hydrogens is 214 g/mol. The molecule has 0 amide bonds. The predicted octanol–water partition coefficient (Wildman–Crippen LogP) is 1.58. The molecule has 3 heterocycles. The van der Waals surface area contributed by atoms with Crippen molar-refractivity contribution in [3.8, 4) is 23.1 Å². The lowest BCUT2D eigenvalue weighted by atomic mass is 10.3. The van der Waals surface area contributed by atoms with Gasteiger partial charge in [-0.3, -0.25) is 5.10 Å². The van der Waals surface area contributed by atoms with Crippen molar-refractivity contribution in [2.45, 2.75) is 0 Å². The van der Waals surface area contributed by atoms with E-state index in [1.165, 1.54) is 6.33 Å². The van der Waals surface area contributed by atoms with E-state index in [0.29, 0.717) is 17.5 Å². The number of thiophene rings is 1. The molecule has 0 spiro atoms. The summed E-state index contributed by atoms with van der Waals surface area (Å²) in [5, 5.41) is 14.1. The number of hydrogen-bond donors (Lipinski definition) is 1. The van der Waals surface area contributed by atoms with Gasteiger partial charge in [-0.25, -0.2) is 4.98 Å². The maximum Gasteiger partial charge on any atom is 0.259 e. The van der Waals surface area contributed by atoms with E-state index < -0.39 is 0 Å². The fraction of sp³-hybridized carbons (Fsp3) is 0. The van der Waals surface area contributed by atoms with Gasteiger partial charge in [-0.2, -0.15) is 21.4 Å². The highest BCUT2D eigenvalue weighted by molar-refractivity contribution is 7.08. The van der Waals surface area contributed by atoms with E-state index in [9.17, 15) is 0 Å². The summed E-state index contributed by atoms with van der Waals surface area (Å²) in [5.41, 5.74) is 0.915. The van der Waals surface area contributed by atoms with Crippen molar-refractivity contribution in [3.05, 3.63) is 23.2 Å². The molecule has 0 aliphatic carbocycles. The van der Waals surface area contributed by atoms with Crippen molar-refractivity contribution in [2.75, 3.05) is 0 Å². The summed E-state index contributed by atoms with van der Waals surface area (Å²) < 4.78 is 5.09. The van der Waals surface area contributed by atoms with E-state index in [4.69, 9.17) is 4.52 Å². The van der Waals surface area contributed by atoms with Crippen LogP contribution in [-0.2, 0) is 0 Å². The fourth-order valence-electron chi connectivity index (χ4n) is 1.14. The van der Waals surface area contributed by atoms with Gasteiger partial charge in [0.1, 0.15) is 6.33 Å². The number of hydrogen-bond acceptors (Lipinski definition) is 6. The van der Waals surface area contributed by atoms with E-state index in [1.54, 1.807) is 11.3 Å². The lowest BCUT2D eigenvalue weighted by Gasteiger charge is -1.82. The zero-order valence-corrected chi connectivity index (χ0v) is 8.23. The van der Waals surface area contributed by atoms with Crippen LogP contribution in [-0.4, -0.2) is 25.3 Å². The third-order valence-corrected chi connectivity index (χ3v) is 2.50. The number of H-pyrrole nitrogens is 1. The summed E-state index contributed by atoms with van der Waals surface area (Å²) in [4.78, 5) is 8.12. The minimum Gasteiger partial charge on any atom is -0.333 e. The Morgan fingerprint density at radius 1 is 1.40 bits per heavy atom. The Labute approximate surface area is 88.0 Å². The van der Waals surface area contributed by atoms with Crippen LogP contribution >= 0.6 is 11.3 Å². The van der Waals surface area contributed by atoms with Gasteiger partial charge in [0.2, 0.25) is 5.82 Å². The molecule has 0 radical (unpaired) electrons. The van der Waals surface area contributed by atoms with Crippen LogP contribution in [0.5, 0.6) is 0 Å². The molecule has 0 bridgehead atoms. The second kappa shape index (κ2) is 3.28. The van der Waals surface area contributed by atoms with E-state index in [0.717, 1.165) is 5.56 Å². The third kappa shape index (κ3) is 1.42. The molecule has 0 fully saturated rings. The molecule has 0 saturated heterocycles. The number of nitrogens with zero attached hydrogens (tertiary/aromatic N) is 4. The molecule has 3 aromatic heterocycles. The summed E-state index contributed by atoms with van der Waals surface area (Å²) in [6.45, 7) is 0. The van der Waals surface area contributed by atoms with E-state index in [-0.39, 0.29) is 0 Å². The smallest absolute Gasteiger partial charge is 0.259 e. The number of rotatable bonds is 2. The van der Waals surface area contributed by atoms with Crippen molar-refractivity contribution < 1.29 is 4.52 Å². The molecule has 0 aromatic carbocycles. The molecule has 0 saturated carbocycles. The fourth-order valence-corrected chi connectivity index (χ4v) is 1.77. The largest absolute Gasteiger partial charge is 0.333 e. The van der Waals surface area contributed by atoms with Crippen LogP contribution in [0.15, 0.2) is 27.7 Å². The first-order valence-corrected chi connectivity index (χ1v) is 5.10. The van der Waals surface area contributed by atoms with Crippen LogP contribution in [0, 0.1) is 0 Å². The molecule has 74 valence electrons. The summed E-state index contributed by atoms with van der Waals surface area (Å²) in [7, 11) is 0. The van der Waals surface area contributed by atoms with Gasteiger partial charge in [-0.1, -0.05) is 5.16 Å². The van der Waals surface area contributed by atoms with Gasteiger partial charge in [-0.15, -0.1) is 0 Å². The zero-order valence-electron chi connectivity index (χ0n) is 7.41. The van der Waals surface area contributed by atoms with E-state index >= 15 is 0 Å². The van der Waals surface area contributed by atoms with Crippen molar-refractivity contribution in [1.29, 1.82) is 0 Å². The van der Waals surface area contributed by atoms with Crippen molar-refractivity contribution in [3.63, 3.8) is 0 Å². The molecule has 0 aliphatic rings. The van der Waals surface area contributed by atoms with Gasteiger partial charge < -0.3 is 4.52 Å². The highest BCUT2D eigenvalue weighted by atomic mass is 32.1. The maximum absolute atomic E-state index is 5.09. The molecular formula is C8H5N5OS. The summed E-state index contributed by atoms with van der Waals surface area (Å²) in [6, 6.07) is 1.92. The second-order valence-electron chi connectivity index (χ2n) is 2.77. The minimum absolute atomic E-state index is 0.411. The molecule has 6 nitrogen and oxygen atoms in total. The average Bonchev–Trinajstić information content (AvgIpc) is 3.02. The Kier molecular flexibility index (Phi) is 1.82. The predicted molar refractivity (Wildman–Crippen MR) is 53.0 cm³/mol. The quantitative estimate of drug-likeness (QED) is 0.707. The first-order valence-electron chi connectivity index (χ1n) is 4.15. The summed E-state index contributed by atoms with van der Waals surface area (Å²) in [6.07, 6.45) is 1.40. The lowest BCUT2D eigenvalue weighted by Crippen LogP contribution is -1.82. The van der Waals surface area contributed by atoms with Gasteiger partial charge in [0, 0.05) is 5.38 Å². The number of aromatic nitrogens is 5. The SMILES string of the molecule is c1n[nH]c(-c2noc(-c3ccsc3)n2)n1. The average molecular weight is 219 g/mol. The Bertz CT molecular complexity index is 493. The van der Waals surface area contributed by atoms with Crippen LogP contribution in [0.25, 0.3) is 23.1 Å². The highest BCUT2D eigenvalue weighted by Crippen LogP contribution is 2.21. The first kappa shape index (κ1) is 8.30. The standard InChI is InChI=1S/C8H5N5OS/c1-2-15-3-5(1)8-11-7(13-14-8)6-9-4-10-12-6/h1-4H,(H,9,10,12). The molecule has 0 atom stereocenters. The van der Waals surface area contributed by atoms with E-state index in [2.05, 4.69) is 25.3 Å². The van der Waals surface area contributed by atoms with Crippen LogP contribution in [0.2, 0.25) is 0 Å². The third-order valence-electron chi connectivity index (χ3n) is 1.82. The van der Waals surface area contributed by atoms with Crippen molar-refractivity contribution >= 4 is 11.3 Å². The molecule has 1 N–H and O–H groups in total. The Morgan fingerprint density at radius 3 is 3.13 bits per heavy atom. The van der Waals surface area contributed by atoms with Crippen LogP contribution in [0.4, 0.5) is 0 Å². The maximum atomic E-state index is 5.09. The van der Waals surface area contributed by atoms with Crippen molar-refractivity contribution in [2.24, 2.45) is 0 Å². The van der Waals surface area contributed by atoms with Gasteiger partial charge in [-0.05, 0) is 11.4 Å². The second-order valence-corrected chi connectivity index (χ2v) is 3.55. The minimum atomic E-state index is 0.411. The molecule has 3 rings (SSSR count). The molecule has 7 heteroatoms. The Morgan fingerprint density at radius 2 is 2.40 bits per heavy atom. The summed E-state index contributed by atoms with van der Waals surface area (Å²) >= 11 is 1.58. The lowest BCUT2D eigenvalue weighted by molar-refractivity contribution is 0.432. The first-order chi connectivity index (χ1) is 7.43. The summed E-state index contributed by atoms with van der Waals surface area (Å²) in [5.74, 6) is 1.40. The molecule has 3 aromatic rings. The normalized spacial score (nSPS) is 10.7. The topological polar surface area (TPSA) is 80.5 Å². The monoisotopic (exact) mass is 219 g/mol. The Hall–Kier alpha value is -2.02. The van der Waals surface area contributed by atoms with Gasteiger partial charge in [0.25, 0.3) is 5.89 Å². The van der Waals surface area contributed by atoms with Crippen LogP contribution < -0.4 is 0 Å². The van der Waals surface area contributed by atoms with Crippen molar-refractivity contribution in [1.82, 2.24) is 25.3 Å². The Balaban J connectivity index is 2.02. The van der Waals surface area contributed by atoms with E-state index in [1.807, 2.05) is 16.8 Å². The number of aromatic amines is 1.